The minimum Gasteiger partial charge on any atom is -0.381 e. The van der Waals surface area contributed by atoms with Crippen LogP contribution >= 0.6 is 0 Å². The predicted molar refractivity (Wildman–Crippen MR) is 79.9 cm³/mol. The van der Waals surface area contributed by atoms with Crippen molar-refractivity contribution in [3.8, 4) is 0 Å². The van der Waals surface area contributed by atoms with Crippen molar-refractivity contribution in [2.75, 3.05) is 59.6 Å². The summed E-state index contributed by atoms with van der Waals surface area (Å²) in [4.78, 5) is 5.09. The molecular weight excluding hydrogens is 252 g/mol. The van der Waals surface area contributed by atoms with Crippen molar-refractivity contribution >= 4 is 0 Å². The highest BCUT2D eigenvalue weighted by Crippen LogP contribution is 2.30. The fourth-order valence-electron chi connectivity index (χ4n) is 3.45. The molecule has 1 aliphatic carbocycles. The van der Waals surface area contributed by atoms with Gasteiger partial charge >= 0.3 is 0 Å². The predicted octanol–water partition coefficient (Wildman–Crippen LogP) is 1.46. The highest BCUT2D eigenvalue weighted by molar-refractivity contribution is 4.82. The van der Waals surface area contributed by atoms with Crippen LogP contribution in [0.2, 0.25) is 0 Å². The van der Waals surface area contributed by atoms with Crippen LogP contribution in [-0.2, 0) is 9.47 Å². The summed E-state index contributed by atoms with van der Waals surface area (Å²) in [7, 11) is 2.21. The fraction of sp³-hybridized carbons (Fsp3) is 1.00. The van der Waals surface area contributed by atoms with Crippen LogP contribution in [0.25, 0.3) is 0 Å². The Hall–Kier alpha value is -0.160. The first-order valence-electron chi connectivity index (χ1n) is 8.40. The molecule has 0 aromatic carbocycles. The molecule has 0 bridgehead atoms. The maximum atomic E-state index is 5.96. The van der Waals surface area contributed by atoms with Gasteiger partial charge in [0.2, 0.25) is 0 Å². The lowest BCUT2D eigenvalue weighted by molar-refractivity contribution is -0.0405. The summed E-state index contributed by atoms with van der Waals surface area (Å²) in [6, 6.07) is 0. The molecule has 116 valence electrons. The van der Waals surface area contributed by atoms with Gasteiger partial charge in [0.15, 0.2) is 0 Å². The number of nitrogens with zero attached hydrogens (tertiary/aromatic N) is 2. The second kappa shape index (κ2) is 7.21. The molecule has 2 heterocycles. The van der Waals surface area contributed by atoms with E-state index in [1.54, 1.807) is 0 Å². The largest absolute Gasteiger partial charge is 0.381 e. The van der Waals surface area contributed by atoms with Crippen LogP contribution in [0.4, 0.5) is 0 Å². The van der Waals surface area contributed by atoms with Crippen LogP contribution in [0.5, 0.6) is 0 Å². The number of rotatable bonds is 6. The van der Waals surface area contributed by atoms with Crippen molar-refractivity contribution in [3.05, 3.63) is 0 Å². The summed E-state index contributed by atoms with van der Waals surface area (Å²) in [6.45, 7) is 8.67. The van der Waals surface area contributed by atoms with Gasteiger partial charge in [-0.25, -0.2) is 0 Å². The topological polar surface area (TPSA) is 24.9 Å². The molecule has 2 aliphatic heterocycles. The Balaban J connectivity index is 1.48. The van der Waals surface area contributed by atoms with E-state index < -0.39 is 0 Å². The molecule has 0 amide bonds. The molecule has 2 saturated heterocycles. The van der Waals surface area contributed by atoms with Gasteiger partial charge < -0.3 is 19.3 Å². The summed E-state index contributed by atoms with van der Waals surface area (Å²) in [5.41, 5.74) is 0. The summed E-state index contributed by atoms with van der Waals surface area (Å²) in [6.07, 6.45) is 5.78. The number of likely N-dealkylation sites (N-methyl/N-ethyl adjacent to an activating group) is 1. The summed E-state index contributed by atoms with van der Waals surface area (Å²) < 4.78 is 11.5. The van der Waals surface area contributed by atoms with Crippen molar-refractivity contribution in [2.24, 2.45) is 11.8 Å². The van der Waals surface area contributed by atoms with E-state index in [-0.39, 0.29) is 0 Å². The lowest BCUT2D eigenvalue weighted by Gasteiger charge is -2.36. The average molecular weight is 282 g/mol. The third kappa shape index (κ3) is 4.69. The Kier molecular flexibility index (Phi) is 5.32. The quantitative estimate of drug-likeness (QED) is 0.736. The maximum Gasteiger partial charge on any atom is 0.0829 e. The molecule has 3 aliphatic rings. The number of hydrogen-bond donors (Lipinski definition) is 0. The normalized spacial score (nSPS) is 30.0. The molecule has 0 spiro atoms. The monoisotopic (exact) mass is 282 g/mol. The van der Waals surface area contributed by atoms with Crippen molar-refractivity contribution in [1.29, 1.82) is 0 Å². The number of ether oxygens (including phenoxy) is 2. The van der Waals surface area contributed by atoms with Gasteiger partial charge in [0, 0.05) is 45.9 Å². The lowest BCUT2D eigenvalue weighted by Crippen LogP contribution is -2.47. The molecule has 0 aromatic rings. The van der Waals surface area contributed by atoms with Gasteiger partial charge in [-0.15, -0.1) is 0 Å². The molecule has 0 unspecified atom stereocenters. The second-order valence-electron chi connectivity index (χ2n) is 6.97. The molecule has 0 aromatic heterocycles. The summed E-state index contributed by atoms with van der Waals surface area (Å²) >= 11 is 0. The first-order chi connectivity index (χ1) is 9.79. The molecule has 3 rings (SSSR count). The van der Waals surface area contributed by atoms with Crippen LogP contribution in [0.3, 0.4) is 0 Å². The number of morpholine rings is 1. The molecule has 1 saturated carbocycles. The summed E-state index contributed by atoms with van der Waals surface area (Å²) in [5, 5.41) is 0. The zero-order chi connectivity index (χ0) is 13.8. The Morgan fingerprint density at radius 1 is 0.950 bits per heavy atom. The van der Waals surface area contributed by atoms with Crippen LogP contribution < -0.4 is 0 Å². The van der Waals surface area contributed by atoms with E-state index in [0.29, 0.717) is 6.10 Å². The molecule has 0 N–H and O–H groups in total. The van der Waals surface area contributed by atoms with Crippen molar-refractivity contribution in [3.63, 3.8) is 0 Å². The van der Waals surface area contributed by atoms with E-state index in [1.165, 1.54) is 38.8 Å². The van der Waals surface area contributed by atoms with E-state index in [1.807, 2.05) is 0 Å². The summed E-state index contributed by atoms with van der Waals surface area (Å²) in [5.74, 6) is 1.81. The number of hydrogen-bond acceptors (Lipinski definition) is 4. The van der Waals surface area contributed by atoms with Gasteiger partial charge in [-0.2, -0.15) is 0 Å². The first kappa shape index (κ1) is 14.8. The van der Waals surface area contributed by atoms with Gasteiger partial charge in [0.05, 0.1) is 12.7 Å². The zero-order valence-electron chi connectivity index (χ0n) is 12.9. The molecular formula is C16H30N2O2. The first-order valence-corrected chi connectivity index (χ1v) is 8.40. The van der Waals surface area contributed by atoms with Gasteiger partial charge in [-0.05, 0) is 44.6 Å². The van der Waals surface area contributed by atoms with E-state index in [2.05, 4.69) is 16.8 Å². The maximum absolute atomic E-state index is 5.96. The van der Waals surface area contributed by atoms with Crippen molar-refractivity contribution in [2.45, 2.75) is 31.8 Å². The van der Waals surface area contributed by atoms with Crippen molar-refractivity contribution < 1.29 is 9.47 Å². The van der Waals surface area contributed by atoms with Crippen LogP contribution in [0.1, 0.15) is 25.7 Å². The van der Waals surface area contributed by atoms with Crippen LogP contribution in [-0.4, -0.2) is 75.5 Å². The third-order valence-corrected chi connectivity index (χ3v) is 4.87. The fourth-order valence-corrected chi connectivity index (χ4v) is 3.45. The Morgan fingerprint density at radius 3 is 2.30 bits per heavy atom. The Morgan fingerprint density at radius 2 is 1.65 bits per heavy atom. The van der Waals surface area contributed by atoms with E-state index in [9.17, 15) is 0 Å². The van der Waals surface area contributed by atoms with E-state index in [4.69, 9.17) is 9.47 Å². The van der Waals surface area contributed by atoms with Crippen molar-refractivity contribution in [1.82, 2.24) is 9.80 Å². The minimum atomic E-state index is 0.410. The molecule has 4 nitrogen and oxygen atoms in total. The van der Waals surface area contributed by atoms with Gasteiger partial charge in [0.25, 0.3) is 0 Å². The van der Waals surface area contributed by atoms with Crippen LogP contribution in [0.15, 0.2) is 0 Å². The van der Waals surface area contributed by atoms with Crippen LogP contribution in [0, 0.1) is 11.8 Å². The SMILES string of the molecule is CN1CCO[C@H](CN(CC2CCOCC2)CC2CC2)C1. The molecule has 3 fully saturated rings. The average Bonchev–Trinajstić information content (AvgIpc) is 3.24. The zero-order valence-corrected chi connectivity index (χ0v) is 12.9. The lowest BCUT2D eigenvalue weighted by atomic mass is 9.99. The van der Waals surface area contributed by atoms with Gasteiger partial charge in [-0.3, -0.25) is 0 Å². The molecule has 4 heteroatoms. The van der Waals surface area contributed by atoms with E-state index >= 15 is 0 Å². The highest BCUT2D eigenvalue weighted by atomic mass is 16.5. The van der Waals surface area contributed by atoms with Gasteiger partial charge in [-0.1, -0.05) is 0 Å². The molecule has 1 atom stereocenters. The second-order valence-corrected chi connectivity index (χ2v) is 6.97. The minimum absolute atomic E-state index is 0.410. The Labute approximate surface area is 123 Å². The molecule has 20 heavy (non-hydrogen) atoms. The third-order valence-electron chi connectivity index (χ3n) is 4.87. The Bertz CT molecular complexity index is 290. The smallest absolute Gasteiger partial charge is 0.0829 e. The standard InChI is InChI=1S/C16H30N2O2/c1-17-6-9-20-16(12-17)13-18(10-14-2-3-14)11-15-4-7-19-8-5-15/h14-16H,2-13H2,1H3/t16-/m0/s1. The highest BCUT2D eigenvalue weighted by Gasteiger charge is 2.29. The molecule has 0 radical (unpaired) electrons. The van der Waals surface area contributed by atoms with Gasteiger partial charge in [0.1, 0.15) is 0 Å². The van der Waals surface area contributed by atoms with E-state index in [0.717, 1.165) is 51.3 Å².